The number of nitrogens with one attached hydrogen (secondary N) is 2. The summed E-state index contributed by atoms with van der Waals surface area (Å²) in [4.78, 5) is 12.2. The van der Waals surface area contributed by atoms with Crippen molar-refractivity contribution in [3.8, 4) is 11.5 Å². The Morgan fingerprint density at radius 1 is 0.935 bits per heavy atom. The maximum Gasteiger partial charge on any atom is 0.262 e. The molecule has 0 aromatic heterocycles. The highest BCUT2D eigenvalue weighted by Crippen LogP contribution is 2.26. The second kappa shape index (κ2) is 9.53. The predicted octanol–water partition coefficient (Wildman–Crippen LogP) is 4.13. The van der Waals surface area contributed by atoms with Gasteiger partial charge in [0.15, 0.2) is 6.61 Å². The number of benzene rings is 3. The summed E-state index contributed by atoms with van der Waals surface area (Å²) >= 11 is 0. The van der Waals surface area contributed by atoms with Crippen LogP contribution in [0.25, 0.3) is 0 Å². The van der Waals surface area contributed by atoms with Gasteiger partial charge in [0, 0.05) is 5.69 Å². The summed E-state index contributed by atoms with van der Waals surface area (Å²) in [5, 5.41) is 2.69. The van der Waals surface area contributed by atoms with Gasteiger partial charge in [-0.25, -0.2) is 8.42 Å². The monoisotopic (exact) mass is 440 g/mol. The molecule has 0 bridgehead atoms. The lowest BCUT2D eigenvalue weighted by atomic mass is 10.1. The number of aryl methyl sites for hydroxylation is 2. The highest BCUT2D eigenvalue weighted by Gasteiger charge is 2.16. The lowest BCUT2D eigenvalue weighted by molar-refractivity contribution is -0.118. The zero-order valence-corrected chi connectivity index (χ0v) is 18.3. The second-order valence-electron chi connectivity index (χ2n) is 6.94. The molecule has 7 nitrogen and oxygen atoms in total. The van der Waals surface area contributed by atoms with Crippen LogP contribution in [-0.4, -0.2) is 28.0 Å². The van der Waals surface area contributed by atoms with Crippen molar-refractivity contribution in [3.05, 3.63) is 77.9 Å². The van der Waals surface area contributed by atoms with Gasteiger partial charge in [-0.1, -0.05) is 29.8 Å². The number of carbonyl (C=O) groups excluding carboxylic acids is 1. The van der Waals surface area contributed by atoms with Gasteiger partial charge >= 0.3 is 0 Å². The first-order valence-electron chi connectivity index (χ1n) is 9.54. The van der Waals surface area contributed by atoms with Crippen LogP contribution in [0.5, 0.6) is 11.5 Å². The average Bonchev–Trinajstić information content (AvgIpc) is 2.73. The molecule has 0 aliphatic heterocycles. The minimum atomic E-state index is -3.81. The van der Waals surface area contributed by atoms with Crippen LogP contribution in [0.3, 0.4) is 0 Å². The van der Waals surface area contributed by atoms with Gasteiger partial charge in [-0.2, -0.15) is 0 Å². The summed E-state index contributed by atoms with van der Waals surface area (Å²) in [5.74, 6) is 0.714. The Hall–Kier alpha value is -3.52. The molecule has 1 amide bonds. The van der Waals surface area contributed by atoms with Crippen molar-refractivity contribution in [2.75, 3.05) is 23.8 Å². The highest BCUT2D eigenvalue weighted by molar-refractivity contribution is 7.92. The molecule has 0 aliphatic carbocycles. The molecule has 3 aromatic rings. The normalized spacial score (nSPS) is 10.9. The molecule has 0 heterocycles. The summed E-state index contributed by atoms with van der Waals surface area (Å²) in [6.45, 7) is 3.75. The molecular weight excluding hydrogens is 416 g/mol. The van der Waals surface area contributed by atoms with E-state index in [2.05, 4.69) is 10.0 Å². The molecule has 31 heavy (non-hydrogen) atoms. The first-order chi connectivity index (χ1) is 14.8. The van der Waals surface area contributed by atoms with E-state index in [1.807, 2.05) is 32.0 Å². The van der Waals surface area contributed by atoms with Crippen LogP contribution in [-0.2, 0) is 14.8 Å². The van der Waals surface area contributed by atoms with Crippen molar-refractivity contribution < 1.29 is 22.7 Å². The van der Waals surface area contributed by atoms with Crippen LogP contribution in [0.1, 0.15) is 11.1 Å². The van der Waals surface area contributed by atoms with E-state index >= 15 is 0 Å². The fourth-order valence-electron chi connectivity index (χ4n) is 2.95. The van der Waals surface area contributed by atoms with E-state index in [-0.39, 0.29) is 17.4 Å². The van der Waals surface area contributed by atoms with E-state index in [4.69, 9.17) is 9.47 Å². The summed E-state index contributed by atoms with van der Waals surface area (Å²) in [6, 6.07) is 18.3. The molecule has 0 unspecified atom stereocenters. The highest BCUT2D eigenvalue weighted by atomic mass is 32.2. The first kappa shape index (κ1) is 22.2. The van der Waals surface area contributed by atoms with Gasteiger partial charge in [0.05, 0.1) is 17.7 Å². The molecule has 0 aliphatic rings. The third kappa shape index (κ3) is 5.76. The number of amides is 1. The summed E-state index contributed by atoms with van der Waals surface area (Å²) in [5.41, 5.74) is 2.87. The van der Waals surface area contributed by atoms with Gasteiger partial charge in [0.1, 0.15) is 11.5 Å². The lowest BCUT2D eigenvalue weighted by Crippen LogP contribution is -2.20. The third-order valence-corrected chi connectivity index (χ3v) is 5.87. The van der Waals surface area contributed by atoms with Crippen molar-refractivity contribution in [3.63, 3.8) is 0 Å². The number of hydrogen-bond acceptors (Lipinski definition) is 5. The van der Waals surface area contributed by atoms with Crippen LogP contribution < -0.4 is 19.5 Å². The topological polar surface area (TPSA) is 93.7 Å². The van der Waals surface area contributed by atoms with E-state index in [9.17, 15) is 13.2 Å². The molecule has 3 rings (SSSR count). The summed E-state index contributed by atoms with van der Waals surface area (Å²) in [7, 11) is -2.35. The molecule has 0 saturated heterocycles. The molecule has 0 radical (unpaired) electrons. The number of ether oxygens (including phenoxy) is 2. The number of anilines is 2. The SMILES string of the molecule is COc1ccccc1NS(=O)(=O)c1ccc(NC(=O)COc2ccc(C)cc2C)cc1. The van der Waals surface area contributed by atoms with Gasteiger partial charge in [0.2, 0.25) is 0 Å². The lowest BCUT2D eigenvalue weighted by Gasteiger charge is -2.12. The minimum Gasteiger partial charge on any atom is -0.495 e. The maximum absolute atomic E-state index is 12.6. The zero-order chi connectivity index (χ0) is 22.4. The van der Waals surface area contributed by atoms with E-state index in [1.54, 1.807) is 24.3 Å². The maximum atomic E-state index is 12.6. The average molecular weight is 441 g/mol. The number of hydrogen-bond donors (Lipinski definition) is 2. The van der Waals surface area contributed by atoms with Gasteiger partial charge in [-0.3, -0.25) is 9.52 Å². The van der Waals surface area contributed by atoms with Gasteiger partial charge in [-0.15, -0.1) is 0 Å². The van der Waals surface area contributed by atoms with Crippen molar-refractivity contribution in [2.45, 2.75) is 18.7 Å². The predicted molar refractivity (Wildman–Crippen MR) is 120 cm³/mol. The van der Waals surface area contributed by atoms with Gasteiger partial charge in [-0.05, 0) is 61.9 Å². The Labute approximate surface area is 182 Å². The molecule has 162 valence electrons. The Kier molecular flexibility index (Phi) is 6.81. The summed E-state index contributed by atoms with van der Waals surface area (Å²) < 4.78 is 38.5. The molecule has 0 spiro atoms. The van der Waals surface area contributed by atoms with Crippen molar-refractivity contribution >= 4 is 27.3 Å². The van der Waals surface area contributed by atoms with E-state index in [0.717, 1.165) is 11.1 Å². The Morgan fingerprint density at radius 3 is 2.32 bits per heavy atom. The van der Waals surface area contributed by atoms with Crippen LogP contribution >= 0.6 is 0 Å². The van der Waals surface area contributed by atoms with Crippen LogP contribution in [0.15, 0.2) is 71.6 Å². The van der Waals surface area contributed by atoms with Crippen LogP contribution in [0, 0.1) is 13.8 Å². The Morgan fingerprint density at radius 2 is 1.65 bits per heavy atom. The molecule has 0 saturated carbocycles. The molecular formula is C23H24N2O5S. The molecule has 3 aromatic carbocycles. The smallest absolute Gasteiger partial charge is 0.262 e. The van der Waals surface area contributed by atoms with E-state index < -0.39 is 10.0 Å². The first-order valence-corrected chi connectivity index (χ1v) is 11.0. The van der Waals surface area contributed by atoms with E-state index in [0.29, 0.717) is 22.9 Å². The Bertz CT molecular complexity index is 1170. The van der Waals surface area contributed by atoms with Crippen LogP contribution in [0.2, 0.25) is 0 Å². The molecule has 0 atom stereocenters. The van der Waals surface area contributed by atoms with Gasteiger partial charge < -0.3 is 14.8 Å². The molecule has 0 fully saturated rings. The standard InChI is InChI=1S/C23H24N2O5S/c1-16-8-13-21(17(2)14-16)30-15-23(26)24-18-9-11-19(12-10-18)31(27,28)25-20-6-4-5-7-22(20)29-3/h4-14,25H,15H2,1-3H3,(H,24,26). The largest absolute Gasteiger partial charge is 0.495 e. The number of methoxy groups -OCH3 is 1. The van der Waals surface area contributed by atoms with Gasteiger partial charge in [0.25, 0.3) is 15.9 Å². The fraction of sp³-hybridized carbons (Fsp3) is 0.174. The number of para-hydroxylation sites is 2. The fourth-order valence-corrected chi connectivity index (χ4v) is 4.02. The third-order valence-electron chi connectivity index (χ3n) is 4.49. The van der Waals surface area contributed by atoms with Crippen molar-refractivity contribution in [2.24, 2.45) is 0 Å². The molecule has 2 N–H and O–H groups in total. The number of rotatable bonds is 8. The van der Waals surface area contributed by atoms with Crippen molar-refractivity contribution in [1.82, 2.24) is 0 Å². The molecule has 8 heteroatoms. The minimum absolute atomic E-state index is 0.0583. The van der Waals surface area contributed by atoms with Crippen molar-refractivity contribution in [1.29, 1.82) is 0 Å². The Balaban J connectivity index is 1.62. The van der Waals surface area contributed by atoms with E-state index in [1.165, 1.54) is 31.4 Å². The summed E-state index contributed by atoms with van der Waals surface area (Å²) in [6.07, 6.45) is 0. The van der Waals surface area contributed by atoms with Crippen LogP contribution in [0.4, 0.5) is 11.4 Å². The number of sulfonamides is 1. The quantitative estimate of drug-likeness (QED) is 0.549. The second-order valence-corrected chi connectivity index (χ2v) is 8.62. The number of carbonyl (C=O) groups is 1. The zero-order valence-electron chi connectivity index (χ0n) is 17.5.